The highest BCUT2D eigenvalue weighted by Gasteiger charge is 2.33. The van der Waals surface area contributed by atoms with Crippen LogP contribution in [0.4, 0.5) is 4.39 Å². The standard InChI is InChI=1S/C35H33FN2O5S/c1-5-13-24-18-22(19-28(42-7-3)32(24)43-21-25-16-11-12-17-26(25)36)20-29-33(39)38-31(23-14-9-8-10-15-23)30(34(40)41-4)27(6-2)37-35(38)44-29/h5,8-12,14-20,31H,1,6-7,13,21H2,2-4H3/b29-20-/t31-/m1/s1. The third-order valence-electron chi connectivity index (χ3n) is 7.21. The van der Waals surface area contributed by atoms with E-state index < -0.39 is 12.0 Å². The Morgan fingerprint density at radius 1 is 1.07 bits per heavy atom. The van der Waals surface area contributed by atoms with Crippen molar-refractivity contribution in [3.05, 3.63) is 138 Å². The van der Waals surface area contributed by atoms with Crippen LogP contribution in [0.25, 0.3) is 6.08 Å². The highest BCUT2D eigenvalue weighted by molar-refractivity contribution is 7.07. The number of hydrogen-bond donors (Lipinski definition) is 0. The predicted molar refractivity (Wildman–Crippen MR) is 169 cm³/mol. The predicted octanol–water partition coefficient (Wildman–Crippen LogP) is 5.64. The van der Waals surface area contributed by atoms with E-state index in [0.717, 1.165) is 11.1 Å². The molecule has 2 heterocycles. The van der Waals surface area contributed by atoms with Crippen LogP contribution in [0.3, 0.4) is 0 Å². The first-order valence-electron chi connectivity index (χ1n) is 14.3. The Morgan fingerprint density at radius 3 is 2.50 bits per heavy atom. The Labute approximate surface area is 258 Å². The number of esters is 1. The molecule has 1 aromatic heterocycles. The van der Waals surface area contributed by atoms with Crippen molar-refractivity contribution < 1.29 is 23.4 Å². The normalized spacial score (nSPS) is 14.5. The summed E-state index contributed by atoms with van der Waals surface area (Å²) >= 11 is 1.26. The molecule has 7 nitrogen and oxygen atoms in total. The van der Waals surface area contributed by atoms with Gasteiger partial charge in [0, 0.05) is 11.1 Å². The van der Waals surface area contributed by atoms with Crippen molar-refractivity contribution in [1.29, 1.82) is 0 Å². The average molecular weight is 613 g/mol. The number of halogens is 1. The number of carbonyl (C=O) groups is 1. The summed E-state index contributed by atoms with van der Waals surface area (Å²) in [5, 5.41) is 0. The summed E-state index contributed by atoms with van der Waals surface area (Å²) in [5.74, 6) is 0.104. The van der Waals surface area contributed by atoms with Gasteiger partial charge in [-0.15, -0.1) is 6.58 Å². The van der Waals surface area contributed by atoms with Gasteiger partial charge in [0.2, 0.25) is 0 Å². The highest BCUT2D eigenvalue weighted by atomic mass is 32.1. The zero-order chi connectivity index (χ0) is 31.2. The van der Waals surface area contributed by atoms with Gasteiger partial charge in [0.25, 0.3) is 5.56 Å². The number of fused-ring (bicyclic) bond motifs is 1. The monoisotopic (exact) mass is 612 g/mol. The van der Waals surface area contributed by atoms with Crippen LogP contribution >= 0.6 is 11.3 Å². The summed E-state index contributed by atoms with van der Waals surface area (Å²) in [4.78, 5) is 32.3. The molecule has 226 valence electrons. The van der Waals surface area contributed by atoms with Crippen molar-refractivity contribution in [2.24, 2.45) is 4.99 Å². The molecule has 0 aliphatic carbocycles. The molecule has 0 spiro atoms. The lowest BCUT2D eigenvalue weighted by Gasteiger charge is -2.25. The van der Waals surface area contributed by atoms with Gasteiger partial charge in [0.1, 0.15) is 12.4 Å². The van der Waals surface area contributed by atoms with Crippen molar-refractivity contribution in [3.63, 3.8) is 0 Å². The number of thiazole rings is 1. The van der Waals surface area contributed by atoms with Gasteiger partial charge in [-0.3, -0.25) is 9.36 Å². The smallest absolute Gasteiger partial charge is 0.338 e. The number of hydrogen-bond acceptors (Lipinski definition) is 7. The fourth-order valence-electron chi connectivity index (χ4n) is 5.23. The van der Waals surface area contributed by atoms with Crippen LogP contribution in [0.15, 0.2) is 100 Å². The molecule has 0 saturated heterocycles. The molecule has 44 heavy (non-hydrogen) atoms. The van der Waals surface area contributed by atoms with Crippen molar-refractivity contribution in [2.45, 2.75) is 39.3 Å². The second kappa shape index (κ2) is 13.7. The maximum atomic E-state index is 14.3. The molecule has 1 atom stereocenters. The molecule has 0 amide bonds. The largest absolute Gasteiger partial charge is 0.490 e. The van der Waals surface area contributed by atoms with E-state index >= 15 is 0 Å². The Morgan fingerprint density at radius 2 is 1.82 bits per heavy atom. The van der Waals surface area contributed by atoms with E-state index in [1.807, 2.05) is 50.2 Å². The number of ether oxygens (including phenoxy) is 3. The third kappa shape index (κ3) is 6.14. The lowest BCUT2D eigenvalue weighted by atomic mass is 9.95. The molecule has 1 aliphatic rings. The summed E-state index contributed by atoms with van der Waals surface area (Å²) in [6.45, 7) is 8.08. The van der Waals surface area contributed by atoms with Crippen LogP contribution in [0.2, 0.25) is 0 Å². The molecule has 0 bridgehead atoms. The number of rotatable bonds is 11. The minimum absolute atomic E-state index is 0.0244. The van der Waals surface area contributed by atoms with E-state index in [1.54, 1.807) is 41.0 Å². The van der Waals surface area contributed by atoms with Crippen molar-refractivity contribution in [2.75, 3.05) is 13.7 Å². The first-order chi connectivity index (χ1) is 21.4. The maximum absolute atomic E-state index is 14.3. The number of benzene rings is 3. The fraction of sp³-hybridized carbons (Fsp3) is 0.229. The van der Waals surface area contributed by atoms with Crippen LogP contribution in [-0.4, -0.2) is 24.3 Å². The van der Waals surface area contributed by atoms with Crippen LogP contribution in [0, 0.1) is 5.82 Å². The van der Waals surface area contributed by atoms with Crippen LogP contribution < -0.4 is 24.4 Å². The summed E-state index contributed by atoms with van der Waals surface area (Å²) in [5.41, 5.74) is 3.37. The van der Waals surface area contributed by atoms with E-state index in [-0.39, 0.29) is 18.0 Å². The summed E-state index contributed by atoms with van der Waals surface area (Å²) in [7, 11) is 1.33. The Bertz CT molecular complexity index is 1910. The lowest BCUT2D eigenvalue weighted by molar-refractivity contribution is -0.136. The molecule has 0 fully saturated rings. The third-order valence-corrected chi connectivity index (χ3v) is 8.19. The molecule has 0 N–H and O–H groups in total. The molecule has 0 radical (unpaired) electrons. The molecular weight excluding hydrogens is 579 g/mol. The zero-order valence-corrected chi connectivity index (χ0v) is 25.7. The highest BCUT2D eigenvalue weighted by Crippen LogP contribution is 2.35. The maximum Gasteiger partial charge on any atom is 0.338 e. The number of nitrogens with zero attached hydrogens (tertiary/aromatic N) is 2. The minimum Gasteiger partial charge on any atom is -0.490 e. The molecular formula is C35H33FN2O5S. The molecule has 1 aliphatic heterocycles. The molecule has 0 saturated carbocycles. The molecule has 5 rings (SSSR count). The quantitative estimate of drug-likeness (QED) is 0.162. The number of allylic oxidation sites excluding steroid dienone is 2. The van der Waals surface area contributed by atoms with Crippen molar-refractivity contribution in [3.8, 4) is 11.5 Å². The van der Waals surface area contributed by atoms with Gasteiger partial charge in [-0.1, -0.05) is 72.9 Å². The summed E-state index contributed by atoms with van der Waals surface area (Å²) in [6.07, 6.45) is 4.50. The Kier molecular flexibility index (Phi) is 9.55. The van der Waals surface area contributed by atoms with Crippen molar-refractivity contribution in [1.82, 2.24) is 4.57 Å². The molecule has 9 heteroatoms. The first-order valence-corrected chi connectivity index (χ1v) is 15.2. The zero-order valence-electron chi connectivity index (χ0n) is 24.8. The van der Waals surface area contributed by atoms with Gasteiger partial charge >= 0.3 is 5.97 Å². The van der Waals surface area contributed by atoms with Gasteiger partial charge in [0.05, 0.1) is 35.6 Å². The second-order valence-electron chi connectivity index (χ2n) is 10.0. The molecule has 3 aromatic carbocycles. The summed E-state index contributed by atoms with van der Waals surface area (Å²) < 4.78 is 33.5. The van der Waals surface area contributed by atoms with Gasteiger partial charge < -0.3 is 14.2 Å². The van der Waals surface area contributed by atoms with E-state index in [4.69, 9.17) is 19.2 Å². The number of aromatic nitrogens is 1. The topological polar surface area (TPSA) is 79.1 Å². The van der Waals surface area contributed by atoms with Crippen LogP contribution in [0.1, 0.15) is 48.6 Å². The lowest BCUT2D eigenvalue weighted by Crippen LogP contribution is -2.40. The van der Waals surface area contributed by atoms with Crippen LogP contribution in [-0.2, 0) is 22.6 Å². The van der Waals surface area contributed by atoms with Crippen molar-refractivity contribution >= 4 is 23.4 Å². The average Bonchev–Trinajstić information content (AvgIpc) is 3.34. The second-order valence-corrected chi connectivity index (χ2v) is 11.0. The van der Waals surface area contributed by atoms with E-state index in [0.29, 0.717) is 62.7 Å². The van der Waals surface area contributed by atoms with Gasteiger partial charge in [0.15, 0.2) is 16.3 Å². The molecule has 0 unspecified atom stereocenters. The SMILES string of the molecule is C=CCc1cc(/C=c2\sc3n(c2=O)[C@H](c2ccccc2)C(C(=O)OC)=C(CC)N=3)cc(OCC)c1OCc1ccccc1F. The van der Waals surface area contributed by atoms with E-state index in [2.05, 4.69) is 6.58 Å². The fourth-order valence-corrected chi connectivity index (χ4v) is 6.25. The summed E-state index contributed by atoms with van der Waals surface area (Å²) in [6, 6.07) is 18.9. The van der Waals surface area contributed by atoms with Gasteiger partial charge in [-0.05, 0) is 55.2 Å². The Balaban J connectivity index is 1.64. The molecule has 4 aromatic rings. The number of methoxy groups -OCH3 is 1. The Hall–Kier alpha value is -4.76. The number of carbonyl (C=O) groups excluding carboxylic acids is 1. The van der Waals surface area contributed by atoms with Crippen LogP contribution in [0.5, 0.6) is 11.5 Å². The van der Waals surface area contributed by atoms with Gasteiger partial charge in [-0.2, -0.15) is 0 Å². The first kappa shape index (κ1) is 30.7. The van der Waals surface area contributed by atoms with E-state index in [9.17, 15) is 14.0 Å². The van der Waals surface area contributed by atoms with Gasteiger partial charge in [-0.25, -0.2) is 14.2 Å². The van der Waals surface area contributed by atoms with E-state index in [1.165, 1.54) is 24.5 Å². The minimum atomic E-state index is -0.679.